The molecule has 96 valence electrons. The first-order valence-corrected chi connectivity index (χ1v) is 6.34. The molecule has 3 N–H and O–H groups in total. The average Bonchev–Trinajstić information content (AvgIpc) is 2.39. The average molecular weight is 236 g/mol. The van der Waals surface area contributed by atoms with Crippen molar-refractivity contribution in [2.45, 2.75) is 25.8 Å². The smallest absolute Gasteiger partial charge is 0.0772 e. The van der Waals surface area contributed by atoms with Crippen LogP contribution in [0.3, 0.4) is 0 Å². The van der Waals surface area contributed by atoms with Crippen LogP contribution in [0.5, 0.6) is 0 Å². The Bertz CT molecular complexity index is 315. The van der Waals surface area contributed by atoms with Crippen LogP contribution >= 0.6 is 0 Å². The van der Waals surface area contributed by atoms with Crippen LogP contribution in [-0.2, 0) is 5.54 Å². The Morgan fingerprint density at radius 2 is 1.88 bits per heavy atom. The molecule has 0 heterocycles. The maximum Gasteiger partial charge on any atom is 0.0772 e. The van der Waals surface area contributed by atoms with E-state index >= 15 is 0 Å². The number of aliphatic hydroxyl groups is 1. The Kier molecular flexibility index (Phi) is 5.62. The molecule has 17 heavy (non-hydrogen) atoms. The summed E-state index contributed by atoms with van der Waals surface area (Å²) in [6.07, 6.45) is 1.10. The van der Waals surface area contributed by atoms with Gasteiger partial charge in [-0.2, -0.15) is 0 Å². The molecule has 0 fully saturated rings. The van der Waals surface area contributed by atoms with Crippen LogP contribution in [0.25, 0.3) is 0 Å². The number of nitrogens with two attached hydrogens (primary N) is 1. The minimum absolute atomic E-state index is 0.0305. The fraction of sp³-hybridized carbons (Fsp3) is 0.571. The SMILES string of the molecule is CCCN(CC)CC(N)(CO)c1ccccc1. The molecular formula is C14H24N2O. The van der Waals surface area contributed by atoms with E-state index in [4.69, 9.17) is 5.73 Å². The van der Waals surface area contributed by atoms with Gasteiger partial charge in [0.05, 0.1) is 12.1 Å². The Labute approximate surface area is 104 Å². The molecule has 1 aromatic carbocycles. The van der Waals surface area contributed by atoms with Crippen LogP contribution < -0.4 is 5.73 Å². The zero-order valence-electron chi connectivity index (χ0n) is 10.9. The molecule has 0 aliphatic heterocycles. The largest absolute Gasteiger partial charge is 0.394 e. The fourth-order valence-electron chi connectivity index (χ4n) is 2.07. The Morgan fingerprint density at radius 3 is 2.35 bits per heavy atom. The van der Waals surface area contributed by atoms with E-state index in [1.54, 1.807) is 0 Å². The molecule has 0 spiro atoms. The van der Waals surface area contributed by atoms with Gasteiger partial charge < -0.3 is 15.7 Å². The molecule has 0 saturated carbocycles. The third kappa shape index (κ3) is 3.80. The van der Waals surface area contributed by atoms with Crippen LogP contribution in [0.4, 0.5) is 0 Å². The summed E-state index contributed by atoms with van der Waals surface area (Å²) in [5, 5.41) is 9.60. The number of benzene rings is 1. The van der Waals surface area contributed by atoms with E-state index in [2.05, 4.69) is 18.7 Å². The highest BCUT2D eigenvalue weighted by atomic mass is 16.3. The molecule has 1 atom stereocenters. The van der Waals surface area contributed by atoms with Gasteiger partial charge in [0, 0.05) is 6.54 Å². The van der Waals surface area contributed by atoms with Crippen molar-refractivity contribution in [2.24, 2.45) is 5.73 Å². The Balaban J connectivity index is 2.81. The van der Waals surface area contributed by atoms with Gasteiger partial charge in [0.1, 0.15) is 0 Å². The lowest BCUT2D eigenvalue weighted by Crippen LogP contribution is -2.50. The third-order valence-electron chi connectivity index (χ3n) is 3.12. The predicted octanol–water partition coefficient (Wildman–Crippen LogP) is 1.56. The molecule has 0 aromatic heterocycles. The van der Waals surface area contributed by atoms with Gasteiger partial charge in [-0.25, -0.2) is 0 Å². The molecule has 0 aliphatic rings. The second-order valence-corrected chi connectivity index (χ2v) is 4.55. The second kappa shape index (κ2) is 6.74. The standard InChI is InChI=1S/C14H24N2O/c1-3-10-16(4-2)11-14(15,12-17)13-8-6-5-7-9-13/h5-9,17H,3-4,10-12,15H2,1-2H3. The van der Waals surface area contributed by atoms with E-state index < -0.39 is 5.54 Å². The number of hydrogen-bond donors (Lipinski definition) is 2. The molecule has 1 aromatic rings. The van der Waals surface area contributed by atoms with Gasteiger partial charge in [-0.1, -0.05) is 44.2 Å². The van der Waals surface area contributed by atoms with Crippen molar-refractivity contribution in [1.29, 1.82) is 0 Å². The summed E-state index contributed by atoms with van der Waals surface area (Å²) < 4.78 is 0. The van der Waals surface area contributed by atoms with Crippen molar-refractivity contribution < 1.29 is 5.11 Å². The van der Waals surface area contributed by atoms with Crippen LogP contribution in [0.1, 0.15) is 25.8 Å². The first-order chi connectivity index (χ1) is 8.16. The van der Waals surface area contributed by atoms with Crippen LogP contribution in [-0.4, -0.2) is 36.2 Å². The number of hydrogen-bond acceptors (Lipinski definition) is 3. The maximum absolute atomic E-state index is 9.60. The van der Waals surface area contributed by atoms with E-state index in [1.165, 1.54) is 0 Å². The maximum atomic E-state index is 9.60. The van der Waals surface area contributed by atoms with Gasteiger partial charge in [-0.15, -0.1) is 0 Å². The van der Waals surface area contributed by atoms with E-state index in [1.807, 2.05) is 30.3 Å². The Hall–Kier alpha value is -0.900. The second-order valence-electron chi connectivity index (χ2n) is 4.55. The first kappa shape index (κ1) is 14.2. The Morgan fingerprint density at radius 1 is 1.24 bits per heavy atom. The number of nitrogens with zero attached hydrogens (tertiary/aromatic N) is 1. The van der Waals surface area contributed by atoms with Crippen LogP contribution in [0.2, 0.25) is 0 Å². The predicted molar refractivity (Wildman–Crippen MR) is 71.8 cm³/mol. The van der Waals surface area contributed by atoms with E-state index in [0.717, 1.165) is 25.1 Å². The first-order valence-electron chi connectivity index (χ1n) is 6.34. The van der Waals surface area contributed by atoms with Gasteiger partial charge in [-0.05, 0) is 25.1 Å². The van der Waals surface area contributed by atoms with Crippen molar-refractivity contribution >= 4 is 0 Å². The summed E-state index contributed by atoms with van der Waals surface area (Å²) in [6.45, 7) is 6.91. The minimum atomic E-state index is -0.660. The molecule has 0 aliphatic carbocycles. The van der Waals surface area contributed by atoms with Gasteiger partial charge in [-0.3, -0.25) is 0 Å². The third-order valence-corrected chi connectivity index (χ3v) is 3.12. The zero-order valence-corrected chi connectivity index (χ0v) is 10.9. The molecule has 3 heteroatoms. The van der Waals surface area contributed by atoms with Gasteiger partial charge in [0.2, 0.25) is 0 Å². The molecule has 0 saturated heterocycles. The molecule has 0 radical (unpaired) electrons. The minimum Gasteiger partial charge on any atom is -0.394 e. The fourth-order valence-corrected chi connectivity index (χ4v) is 2.07. The zero-order chi connectivity index (χ0) is 12.7. The summed E-state index contributed by atoms with van der Waals surface area (Å²) in [5.41, 5.74) is 6.67. The monoisotopic (exact) mass is 236 g/mol. The summed E-state index contributed by atoms with van der Waals surface area (Å²) in [4.78, 5) is 2.28. The van der Waals surface area contributed by atoms with Crippen LogP contribution in [0.15, 0.2) is 30.3 Å². The molecular weight excluding hydrogens is 212 g/mol. The van der Waals surface area contributed by atoms with E-state index in [0.29, 0.717) is 6.54 Å². The molecule has 1 rings (SSSR count). The van der Waals surface area contributed by atoms with Crippen molar-refractivity contribution in [3.05, 3.63) is 35.9 Å². The summed E-state index contributed by atoms with van der Waals surface area (Å²) in [7, 11) is 0. The summed E-state index contributed by atoms with van der Waals surface area (Å²) >= 11 is 0. The van der Waals surface area contributed by atoms with Crippen molar-refractivity contribution in [2.75, 3.05) is 26.2 Å². The quantitative estimate of drug-likeness (QED) is 0.755. The molecule has 1 unspecified atom stereocenters. The topological polar surface area (TPSA) is 49.5 Å². The van der Waals surface area contributed by atoms with Gasteiger partial charge in [0.25, 0.3) is 0 Å². The van der Waals surface area contributed by atoms with Crippen molar-refractivity contribution in [3.63, 3.8) is 0 Å². The summed E-state index contributed by atoms with van der Waals surface area (Å²) in [6, 6.07) is 9.85. The van der Waals surface area contributed by atoms with Gasteiger partial charge in [0.15, 0.2) is 0 Å². The van der Waals surface area contributed by atoms with Crippen molar-refractivity contribution in [1.82, 2.24) is 4.90 Å². The normalized spacial score (nSPS) is 14.9. The molecule has 0 bridgehead atoms. The van der Waals surface area contributed by atoms with E-state index in [9.17, 15) is 5.11 Å². The number of rotatable bonds is 7. The van der Waals surface area contributed by atoms with E-state index in [-0.39, 0.29) is 6.61 Å². The lowest BCUT2D eigenvalue weighted by Gasteiger charge is -2.34. The molecule has 3 nitrogen and oxygen atoms in total. The summed E-state index contributed by atoms with van der Waals surface area (Å²) in [5.74, 6) is 0. The van der Waals surface area contributed by atoms with Gasteiger partial charge >= 0.3 is 0 Å². The lowest BCUT2D eigenvalue weighted by atomic mass is 9.91. The highest BCUT2D eigenvalue weighted by Crippen LogP contribution is 2.19. The highest BCUT2D eigenvalue weighted by molar-refractivity contribution is 5.24. The number of likely N-dealkylation sites (N-methyl/N-ethyl adjacent to an activating group) is 1. The molecule has 0 amide bonds. The lowest BCUT2D eigenvalue weighted by molar-refractivity contribution is 0.139. The number of aliphatic hydroxyl groups excluding tert-OH is 1. The van der Waals surface area contributed by atoms with Crippen molar-refractivity contribution in [3.8, 4) is 0 Å². The highest BCUT2D eigenvalue weighted by Gasteiger charge is 2.28. The van der Waals surface area contributed by atoms with Crippen LogP contribution in [0, 0.1) is 0 Å².